The molecule has 4 rings (SSSR count). The molecule has 2 N–H and O–H groups in total. The van der Waals surface area contributed by atoms with Crippen molar-refractivity contribution in [1.82, 2.24) is 9.97 Å². The Balaban J connectivity index is 1.74. The lowest BCUT2D eigenvalue weighted by atomic mass is 9.78. The van der Waals surface area contributed by atoms with E-state index in [1.807, 2.05) is 0 Å². The van der Waals surface area contributed by atoms with Gasteiger partial charge in [-0.05, 0) is 35.9 Å². The fourth-order valence-electron chi connectivity index (χ4n) is 4.09. The van der Waals surface area contributed by atoms with Gasteiger partial charge in [-0.25, -0.2) is 9.97 Å². The number of rotatable bonds is 2. The van der Waals surface area contributed by atoms with Gasteiger partial charge in [-0.1, -0.05) is 32.1 Å². The molecule has 27 heavy (non-hydrogen) atoms. The average molecular weight is 365 g/mol. The maximum Gasteiger partial charge on any atom is 0.488 e. The Labute approximate surface area is 159 Å². The normalized spacial score (nSPS) is 18.0. The highest BCUT2D eigenvalue weighted by atomic mass is 16.5. The Morgan fingerprint density at radius 2 is 2.04 bits per heavy atom. The first-order valence-electron chi connectivity index (χ1n) is 9.24. The number of nitrogens with zero attached hydrogens (tertiary/aromatic N) is 3. The van der Waals surface area contributed by atoms with Crippen molar-refractivity contribution in [1.29, 1.82) is 0 Å². The van der Waals surface area contributed by atoms with Gasteiger partial charge in [-0.15, -0.1) is 0 Å². The average Bonchev–Trinajstić information content (AvgIpc) is 2.81. The number of fused-ring (bicyclic) bond motifs is 2. The fourth-order valence-corrected chi connectivity index (χ4v) is 4.09. The predicted molar refractivity (Wildman–Crippen MR) is 106 cm³/mol. The van der Waals surface area contributed by atoms with E-state index in [4.69, 9.17) is 4.74 Å². The van der Waals surface area contributed by atoms with E-state index in [0.29, 0.717) is 25.2 Å². The third-order valence-corrected chi connectivity index (χ3v) is 5.20. The molecule has 1 aliphatic heterocycles. The first-order valence-corrected chi connectivity index (χ1v) is 9.24. The number of allylic oxidation sites excluding steroid dienone is 2. The van der Waals surface area contributed by atoms with Crippen molar-refractivity contribution in [3.8, 4) is 5.75 Å². The minimum Gasteiger partial charge on any atom is -0.491 e. The summed E-state index contributed by atoms with van der Waals surface area (Å²) in [5, 5.41) is 19.0. The van der Waals surface area contributed by atoms with Crippen molar-refractivity contribution >= 4 is 24.0 Å². The van der Waals surface area contributed by atoms with Gasteiger partial charge in [-0.3, -0.25) is 0 Å². The van der Waals surface area contributed by atoms with E-state index in [2.05, 4.69) is 41.7 Å². The molecule has 0 fully saturated rings. The smallest absolute Gasteiger partial charge is 0.488 e. The van der Waals surface area contributed by atoms with Crippen molar-refractivity contribution < 1.29 is 14.8 Å². The lowest BCUT2D eigenvalue weighted by Crippen LogP contribution is -2.31. The summed E-state index contributed by atoms with van der Waals surface area (Å²) >= 11 is 0. The van der Waals surface area contributed by atoms with Gasteiger partial charge in [0.25, 0.3) is 0 Å². The monoisotopic (exact) mass is 365 g/mol. The van der Waals surface area contributed by atoms with Crippen LogP contribution in [0.3, 0.4) is 0 Å². The third-order valence-electron chi connectivity index (χ3n) is 5.20. The Hall–Kier alpha value is -2.38. The predicted octanol–water partition coefficient (Wildman–Crippen LogP) is 1.54. The van der Waals surface area contributed by atoms with Gasteiger partial charge in [0.05, 0.1) is 12.2 Å². The minimum atomic E-state index is -1.49. The highest BCUT2D eigenvalue weighted by Gasteiger charge is 2.30. The Morgan fingerprint density at radius 3 is 2.81 bits per heavy atom. The lowest BCUT2D eigenvalue weighted by molar-refractivity contribution is 0.331. The van der Waals surface area contributed by atoms with Crippen molar-refractivity contribution in [2.24, 2.45) is 5.41 Å². The van der Waals surface area contributed by atoms with Gasteiger partial charge < -0.3 is 19.7 Å². The second-order valence-electron chi connectivity index (χ2n) is 8.03. The topological polar surface area (TPSA) is 78.7 Å². The largest absolute Gasteiger partial charge is 0.491 e. The molecule has 2 aliphatic rings. The molecule has 0 spiro atoms. The first kappa shape index (κ1) is 18.0. The highest BCUT2D eigenvalue weighted by molar-refractivity contribution is 6.58. The molecule has 1 aromatic heterocycles. The van der Waals surface area contributed by atoms with Crippen molar-refractivity contribution in [2.75, 3.05) is 18.1 Å². The standard InChI is InChI=1S/C20H24BN3O3/c1-13-9-20(2,3)10-16-18(13)22-12-23-19(16)24-6-7-27-17-5-4-15(21(25)26)8-14(17)11-24/h4-5,8-9,12,25-26H,6-7,10-11H2,1-3H3. The molecule has 0 bridgehead atoms. The van der Waals surface area contributed by atoms with Crippen LogP contribution < -0.4 is 15.1 Å². The van der Waals surface area contributed by atoms with E-state index >= 15 is 0 Å². The van der Waals surface area contributed by atoms with Crippen LogP contribution in [0.1, 0.15) is 37.6 Å². The molecular formula is C20H24BN3O3. The molecule has 7 heteroatoms. The molecular weight excluding hydrogens is 341 g/mol. The van der Waals surface area contributed by atoms with Crippen LogP contribution in [0.5, 0.6) is 5.75 Å². The number of hydrogen-bond acceptors (Lipinski definition) is 6. The van der Waals surface area contributed by atoms with Crippen LogP contribution in [0.25, 0.3) is 5.57 Å². The van der Waals surface area contributed by atoms with E-state index in [-0.39, 0.29) is 5.41 Å². The van der Waals surface area contributed by atoms with Crippen molar-refractivity contribution in [3.05, 3.63) is 47.4 Å². The Morgan fingerprint density at radius 1 is 1.22 bits per heavy atom. The zero-order chi connectivity index (χ0) is 19.2. The second-order valence-corrected chi connectivity index (χ2v) is 8.03. The van der Waals surface area contributed by atoms with Crippen molar-refractivity contribution in [2.45, 2.75) is 33.7 Å². The van der Waals surface area contributed by atoms with E-state index in [1.165, 1.54) is 11.1 Å². The van der Waals surface area contributed by atoms with Gasteiger partial charge in [0.1, 0.15) is 24.5 Å². The van der Waals surface area contributed by atoms with E-state index in [9.17, 15) is 10.0 Å². The van der Waals surface area contributed by atoms with Gasteiger partial charge in [0.15, 0.2) is 0 Å². The molecule has 0 atom stereocenters. The molecule has 140 valence electrons. The van der Waals surface area contributed by atoms with Crippen molar-refractivity contribution in [3.63, 3.8) is 0 Å². The summed E-state index contributed by atoms with van der Waals surface area (Å²) in [5.41, 5.74) is 4.82. The molecule has 2 aromatic rings. The van der Waals surface area contributed by atoms with Gasteiger partial charge in [-0.2, -0.15) is 0 Å². The van der Waals surface area contributed by atoms with Crippen LogP contribution in [-0.2, 0) is 13.0 Å². The van der Waals surface area contributed by atoms with Crippen LogP contribution in [0, 0.1) is 5.41 Å². The zero-order valence-corrected chi connectivity index (χ0v) is 15.9. The minimum absolute atomic E-state index is 0.0605. The molecule has 1 aromatic carbocycles. The molecule has 0 amide bonds. The van der Waals surface area contributed by atoms with E-state index < -0.39 is 7.12 Å². The SMILES string of the molecule is CC1=CC(C)(C)Cc2c1ncnc2N1CCOc2ccc(B(O)O)cc2C1. The summed E-state index contributed by atoms with van der Waals surface area (Å²) in [6.07, 6.45) is 4.79. The Kier molecular flexibility index (Phi) is 4.44. The summed E-state index contributed by atoms with van der Waals surface area (Å²) in [4.78, 5) is 11.3. The molecule has 0 radical (unpaired) electrons. The molecule has 6 nitrogen and oxygen atoms in total. The highest BCUT2D eigenvalue weighted by Crippen LogP contribution is 2.39. The van der Waals surface area contributed by atoms with E-state index in [1.54, 1.807) is 24.5 Å². The molecule has 0 unspecified atom stereocenters. The Bertz CT molecular complexity index is 911. The van der Waals surface area contributed by atoms with Gasteiger partial charge >= 0.3 is 7.12 Å². The van der Waals surface area contributed by atoms with Gasteiger partial charge in [0.2, 0.25) is 0 Å². The van der Waals surface area contributed by atoms with Crippen LogP contribution in [-0.4, -0.2) is 40.3 Å². The zero-order valence-electron chi connectivity index (χ0n) is 15.9. The summed E-state index contributed by atoms with van der Waals surface area (Å²) in [6.45, 7) is 8.41. The quantitative estimate of drug-likeness (QED) is 0.787. The van der Waals surface area contributed by atoms with Crippen LogP contribution in [0.4, 0.5) is 5.82 Å². The summed E-state index contributed by atoms with van der Waals surface area (Å²) < 4.78 is 5.88. The third kappa shape index (κ3) is 3.45. The van der Waals surface area contributed by atoms with Gasteiger partial charge in [0, 0.05) is 17.7 Å². The van der Waals surface area contributed by atoms with E-state index in [0.717, 1.165) is 29.2 Å². The molecule has 1 aliphatic carbocycles. The molecule has 0 saturated heterocycles. The van der Waals surface area contributed by atoms with Crippen LogP contribution >= 0.6 is 0 Å². The van der Waals surface area contributed by atoms with Crippen LogP contribution in [0.2, 0.25) is 0 Å². The maximum atomic E-state index is 9.50. The number of ether oxygens (including phenoxy) is 1. The maximum absolute atomic E-state index is 9.50. The fraction of sp³-hybridized carbons (Fsp3) is 0.400. The number of aromatic nitrogens is 2. The first-order chi connectivity index (χ1) is 12.8. The summed E-state index contributed by atoms with van der Waals surface area (Å²) in [5.74, 6) is 1.72. The summed E-state index contributed by atoms with van der Waals surface area (Å²) in [7, 11) is -1.49. The number of anilines is 1. The number of hydrogen-bond donors (Lipinski definition) is 2. The van der Waals surface area contributed by atoms with Crippen LogP contribution in [0.15, 0.2) is 30.6 Å². The molecule has 0 saturated carbocycles. The second kappa shape index (κ2) is 6.66. The summed E-state index contributed by atoms with van der Waals surface area (Å²) in [6, 6.07) is 5.28. The number of benzene rings is 1. The lowest BCUT2D eigenvalue weighted by Gasteiger charge is -2.32. The molecule has 2 heterocycles.